The summed E-state index contributed by atoms with van der Waals surface area (Å²) in [6, 6.07) is 99.3. The van der Waals surface area contributed by atoms with Crippen LogP contribution in [0.3, 0.4) is 0 Å². The van der Waals surface area contributed by atoms with Crippen LogP contribution < -0.4 is 10.8 Å². The largest absolute Gasteiger partial charge is 0.489 e. The van der Waals surface area contributed by atoms with Gasteiger partial charge in [0.05, 0.1) is 15.7 Å². The minimum absolute atomic E-state index is 0.337. The van der Waals surface area contributed by atoms with Gasteiger partial charge in [-0.3, -0.25) is 28.6 Å². The molecule has 12 nitrogen and oxygen atoms in total. The van der Waals surface area contributed by atoms with Gasteiger partial charge >= 0.3 is 17.5 Å². The van der Waals surface area contributed by atoms with Gasteiger partial charge in [0.25, 0.3) is 5.97 Å². The van der Waals surface area contributed by atoms with Crippen LogP contribution in [-0.4, -0.2) is 77.7 Å². The molecule has 17 aromatic rings. The van der Waals surface area contributed by atoms with E-state index in [2.05, 4.69) is 285 Å². The summed E-state index contributed by atoms with van der Waals surface area (Å²) in [7, 11) is -7.17. The maximum Gasteiger partial charge on any atom is 0.489 e. The molecular weight excluding hydrogens is 2230 g/mol. The lowest BCUT2D eigenvalue weighted by atomic mass is 9.80. The highest BCUT2D eigenvalue weighted by atomic mass is 127. The number of hydrogen-bond acceptors (Lipinski definition) is 14. The molecule has 0 spiro atoms. The van der Waals surface area contributed by atoms with Gasteiger partial charge in [-0.2, -0.15) is 8.42 Å². The van der Waals surface area contributed by atoms with Crippen molar-refractivity contribution in [3.8, 4) is 33.4 Å². The van der Waals surface area contributed by atoms with E-state index in [1.807, 2.05) is 151 Å². The molecule has 3 heterocycles. The molecule has 123 heavy (non-hydrogen) atoms. The van der Waals surface area contributed by atoms with Crippen molar-refractivity contribution in [1.82, 2.24) is 0 Å². The summed E-state index contributed by atoms with van der Waals surface area (Å²) in [5.74, 6) is 1.92. The second-order valence-corrected chi connectivity index (χ2v) is 40.9. The number of thiophene rings is 3. The van der Waals surface area contributed by atoms with Gasteiger partial charge in [-0.15, -0.1) is 57.5 Å². The molecule has 8 N–H and O–H groups in total. The molecule has 0 aliphatic heterocycles. The topological polar surface area (TPSA) is 222 Å². The predicted molar refractivity (Wildman–Crippen MR) is 558 cm³/mol. The molecular formula is C92H75BBr5Cl5INO11S7. The molecule has 0 saturated heterocycles. The molecule has 1 unspecified atom stereocenters. The lowest BCUT2D eigenvalue weighted by molar-refractivity contribution is -0.176. The number of anilines is 2. The standard InChI is InChI=1S/C24H17NS.C14H12BrClOS.C14H12BrClS.2C12H6BrClS.C8H8BrIS.C6H6BClO2.C2H4O2.H2O4S.H2O2/c1-2-6-17(7-3-1)18-10-12-19(13-11-18)25-20-14-15-22-21-8-4-5-9-23(21)26-24(22)16-20;1-2-18(17)14-11(7-5-8-12(14)15)10-6-3-4-9-13(10)16;1-2-17-14-11(7-5-8-12(14)15)10-6-3-4-9-13(10)16;2*13-8-4-1-3-7-11-9(14)5-2-6-10(11)15-12(7)8;1-2-11-8-6(9)4-3-5-7(8)10;8-6-4-2-1-3-5(6)7(9)10;1-2(3)4;1-5(2,3)4;1-2/h1-16,25H;3-9H,2H2,1H3;3-9H,2H2,1H3;2*1-6H;3-5H,2H2,1H3;1-4,9-10H;1H3,(H,3,4);(H2,1,2,3,4);1-2H. The molecule has 0 aliphatic rings. The third-order valence-corrected chi connectivity index (χ3v) is 31.4. The van der Waals surface area contributed by atoms with Crippen molar-refractivity contribution in [2.45, 2.75) is 42.4 Å². The minimum atomic E-state index is -4.67. The molecule has 3 aromatic heterocycles. The van der Waals surface area contributed by atoms with Crippen LogP contribution in [0.2, 0.25) is 25.1 Å². The van der Waals surface area contributed by atoms with E-state index in [-0.39, 0.29) is 0 Å². The number of halogens is 11. The Bertz CT molecular complexity index is 6380. The third kappa shape index (κ3) is 30.4. The number of rotatable bonds is 12. The quantitative estimate of drug-likeness (QED) is 0.0142. The van der Waals surface area contributed by atoms with Crippen molar-refractivity contribution >= 4 is 329 Å². The van der Waals surface area contributed by atoms with Gasteiger partial charge in [0.2, 0.25) is 0 Å². The molecule has 1 atom stereocenters. The molecule has 636 valence electrons. The Morgan fingerprint density at radius 2 is 0.813 bits per heavy atom. The Labute approximate surface area is 818 Å². The van der Waals surface area contributed by atoms with Gasteiger partial charge in [-0.25, -0.2) is 0 Å². The van der Waals surface area contributed by atoms with Gasteiger partial charge < -0.3 is 20.5 Å². The fraction of sp³-hybridized carbons (Fsp3) is 0.0761. The number of hydrogen-bond donors (Lipinski definition) is 8. The highest BCUT2D eigenvalue weighted by Crippen LogP contribution is 2.45. The van der Waals surface area contributed by atoms with Crippen LogP contribution in [0.25, 0.3) is 93.9 Å². The Morgan fingerprint density at radius 1 is 0.431 bits per heavy atom. The number of carbonyl (C=O) groups is 1. The Kier molecular flexibility index (Phi) is 43.4. The second-order valence-electron chi connectivity index (χ2n) is 25.1. The van der Waals surface area contributed by atoms with Crippen molar-refractivity contribution in [2.75, 3.05) is 22.6 Å². The van der Waals surface area contributed by atoms with Gasteiger partial charge in [0.1, 0.15) is 0 Å². The normalized spacial score (nSPS) is 10.8. The van der Waals surface area contributed by atoms with Gasteiger partial charge in [0, 0.05) is 168 Å². The monoisotopic (exact) mass is 2300 g/mol. The molecule has 0 fully saturated rings. The van der Waals surface area contributed by atoms with E-state index in [0.717, 1.165) is 84.3 Å². The zero-order chi connectivity index (χ0) is 89.5. The molecule has 0 bridgehead atoms. The number of fused-ring (bicyclic) bond motifs is 9. The molecule has 0 aliphatic carbocycles. The smallest absolute Gasteiger partial charge is 0.481 e. The van der Waals surface area contributed by atoms with Crippen molar-refractivity contribution in [1.29, 1.82) is 0 Å². The predicted octanol–water partition coefficient (Wildman–Crippen LogP) is 32.8. The lowest BCUT2D eigenvalue weighted by Gasteiger charge is -2.12. The number of benzene rings is 14. The van der Waals surface area contributed by atoms with Crippen molar-refractivity contribution in [2.24, 2.45) is 0 Å². The Morgan fingerprint density at radius 3 is 1.32 bits per heavy atom. The fourth-order valence-corrected chi connectivity index (χ4v) is 24.0. The van der Waals surface area contributed by atoms with E-state index < -0.39 is 34.3 Å². The zero-order valence-electron chi connectivity index (χ0n) is 65.3. The van der Waals surface area contributed by atoms with E-state index >= 15 is 0 Å². The number of aliphatic carboxylic acids is 1. The summed E-state index contributed by atoms with van der Waals surface area (Å²) in [5, 5.41) is 51.3. The van der Waals surface area contributed by atoms with Gasteiger partial charge in [0.15, 0.2) is 0 Å². The summed E-state index contributed by atoms with van der Waals surface area (Å²) in [6.07, 6.45) is 0. The number of nitrogens with one attached hydrogen (secondary N) is 1. The minimum Gasteiger partial charge on any atom is -0.481 e. The summed E-state index contributed by atoms with van der Waals surface area (Å²) >= 11 is 59.7. The number of carboxylic acid groups (broad SMARTS) is 1. The van der Waals surface area contributed by atoms with Crippen molar-refractivity contribution in [3.05, 3.63) is 348 Å². The van der Waals surface area contributed by atoms with E-state index in [4.69, 9.17) is 106 Å². The van der Waals surface area contributed by atoms with Gasteiger partial charge in [-0.1, -0.05) is 267 Å². The van der Waals surface area contributed by atoms with Crippen LogP contribution in [0.1, 0.15) is 27.7 Å². The van der Waals surface area contributed by atoms with E-state index in [1.165, 1.54) is 95.0 Å². The highest BCUT2D eigenvalue weighted by molar-refractivity contribution is 14.1. The van der Waals surface area contributed by atoms with Crippen molar-refractivity contribution < 1.29 is 52.2 Å². The lowest BCUT2D eigenvalue weighted by Crippen LogP contribution is -2.30. The molecule has 14 aromatic carbocycles. The summed E-state index contributed by atoms with van der Waals surface area (Å²) in [4.78, 5) is 12.4. The molecule has 0 radical (unpaired) electrons. The van der Waals surface area contributed by atoms with Crippen LogP contribution in [0.5, 0.6) is 0 Å². The van der Waals surface area contributed by atoms with Crippen LogP contribution in [0, 0.1) is 3.57 Å². The first-order chi connectivity index (χ1) is 59.0. The van der Waals surface area contributed by atoms with E-state index in [9.17, 15) is 4.21 Å². The first kappa shape index (κ1) is 103. The van der Waals surface area contributed by atoms with Crippen LogP contribution in [0.15, 0.2) is 334 Å². The Hall–Kier alpha value is -5.79. The van der Waals surface area contributed by atoms with E-state index in [0.29, 0.717) is 21.3 Å². The van der Waals surface area contributed by atoms with Crippen LogP contribution >= 0.6 is 218 Å². The number of thioether (sulfide) groups is 2. The van der Waals surface area contributed by atoms with Gasteiger partial charge in [-0.05, 0) is 240 Å². The summed E-state index contributed by atoms with van der Waals surface area (Å²) in [6.45, 7) is 7.31. The molecule has 0 amide bonds. The molecule has 17 rings (SSSR count). The van der Waals surface area contributed by atoms with E-state index in [1.54, 1.807) is 46.9 Å². The van der Waals surface area contributed by atoms with Crippen LogP contribution in [-0.2, 0) is 26.0 Å². The second kappa shape index (κ2) is 52.0. The maximum absolute atomic E-state index is 12.2. The first-order valence-electron chi connectivity index (χ1n) is 36.7. The Balaban J connectivity index is 0.000000178. The average molecular weight is 2310 g/mol. The third-order valence-electron chi connectivity index (χ3n) is 16.9. The first-order valence-corrected chi connectivity index (χ1v) is 50.8. The SMILES string of the molecule is CC(=O)O.CCS(=O)c1c(Br)cccc1-c1ccccc1Cl.CCSc1c(Br)cccc1-c1ccccc1Cl.CCSc1c(Br)cccc1I.Clc1cccc2sc3c(Br)cccc3c12.Clc1cccc2sc3c(Br)cccc3c12.O=S(=O)(O)O.OB(O)c1ccccc1Cl.OO.c1ccc(-c2ccc(Nc3ccc4c(c3)sc3ccccc34)cc2)cc1. The fourth-order valence-electron chi connectivity index (χ4n) is 11.8. The summed E-state index contributed by atoms with van der Waals surface area (Å²) in [5.41, 5.74) is 9.16. The maximum atomic E-state index is 12.2. The summed E-state index contributed by atoms with van der Waals surface area (Å²) < 4.78 is 58.2. The zero-order valence-corrected chi connectivity index (χ0v) is 84.9. The molecule has 0 saturated carbocycles. The van der Waals surface area contributed by atoms with Crippen LogP contribution in [0.4, 0.5) is 11.4 Å². The molecule has 31 heteroatoms. The number of carboxylic acids is 1. The highest BCUT2D eigenvalue weighted by Gasteiger charge is 2.18. The average Bonchev–Trinajstić information content (AvgIpc) is 1.62. The van der Waals surface area contributed by atoms with Crippen molar-refractivity contribution in [3.63, 3.8) is 0 Å².